The maximum atomic E-state index is 13.5. The molecule has 0 aliphatic heterocycles. The molecule has 18 heavy (non-hydrogen) atoms. The summed E-state index contributed by atoms with van der Waals surface area (Å²) in [7, 11) is 1.58. The van der Waals surface area contributed by atoms with Crippen LogP contribution in [0.15, 0.2) is 18.2 Å². The minimum atomic E-state index is -0.743. The SMILES string of the molecule is COCCC(CBr)NC(=O)c1ccc(O)cc1F. The fraction of sp³-hybridized carbons (Fsp3) is 0.417. The van der Waals surface area contributed by atoms with E-state index in [1.54, 1.807) is 7.11 Å². The normalized spacial score (nSPS) is 12.2. The number of nitrogens with one attached hydrogen (secondary N) is 1. The van der Waals surface area contributed by atoms with Gasteiger partial charge in [-0.05, 0) is 18.6 Å². The Balaban J connectivity index is 2.68. The monoisotopic (exact) mass is 319 g/mol. The maximum absolute atomic E-state index is 13.5. The van der Waals surface area contributed by atoms with Gasteiger partial charge in [-0.2, -0.15) is 0 Å². The van der Waals surface area contributed by atoms with Crippen LogP contribution in [0.5, 0.6) is 5.75 Å². The van der Waals surface area contributed by atoms with E-state index in [0.29, 0.717) is 18.4 Å². The highest BCUT2D eigenvalue weighted by Gasteiger charge is 2.16. The standard InChI is InChI=1S/C12H15BrFNO3/c1-18-5-4-8(7-13)15-12(17)10-3-2-9(16)6-11(10)14/h2-3,6,8,16H,4-5,7H2,1H3,(H,15,17). The molecule has 1 amide bonds. The molecule has 0 saturated heterocycles. The molecule has 2 N–H and O–H groups in total. The van der Waals surface area contributed by atoms with Crippen LogP contribution >= 0.6 is 15.9 Å². The highest BCUT2D eigenvalue weighted by Crippen LogP contribution is 2.15. The second kappa shape index (κ2) is 7.33. The van der Waals surface area contributed by atoms with E-state index in [-0.39, 0.29) is 17.4 Å². The van der Waals surface area contributed by atoms with E-state index in [1.807, 2.05) is 0 Å². The van der Waals surface area contributed by atoms with Crippen LogP contribution in [0.2, 0.25) is 0 Å². The Morgan fingerprint density at radius 3 is 2.89 bits per heavy atom. The molecule has 0 radical (unpaired) electrons. The largest absolute Gasteiger partial charge is 0.508 e. The van der Waals surface area contributed by atoms with Gasteiger partial charge in [-0.1, -0.05) is 15.9 Å². The van der Waals surface area contributed by atoms with Crippen molar-refractivity contribution in [3.8, 4) is 5.75 Å². The van der Waals surface area contributed by atoms with Crippen molar-refractivity contribution in [3.63, 3.8) is 0 Å². The van der Waals surface area contributed by atoms with Crippen LogP contribution in [0.4, 0.5) is 4.39 Å². The zero-order chi connectivity index (χ0) is 13.5. The van der Waals surface area contributed by atoms with Crippen LogP contribution in [-0.2, 0) is 4.74 Å². The van der Waals surface area contributed by atoms with Crippen molar-refractivity contribution in [1.29, 1.82) is 0 Å². The van der Waals surface area contributed by atoms with Crippen molar-refractivity contribution in [3.05, 3.63) is 29.6 Å². The molecule has 0 aliphatic carbocycles. The number of phenols is 1. The van der Waals surface area contributed by atoms with Gasteiger partial charge in [0.25, 0.3) is 5.91 Å². The number of hydrogen-bond donors (Lipinski definition) is 2. The fourth-order valence-corrected chi connectivity index (χ4v) is 1.88. The summed E-state index contributed by atoms with van der Waals surface area (Å²) in [4.78, 5) is 11.8. The molecule has 0 aromatic heterocycles. The summed E-state index contributed by atoms with van der Waals surface area (Å²) < 4.78 is 18.4. The van der Waals surface area contributed by atoms with Gasteiger partial charge in [0.05, 0.1) is 5.56 Å². The molecule has 0 heterocycles. The third-order valence-electron chi connectivity index (χ3n) is 2.39. The second-order valence-electron chi connectivity index (χ2n) is 3.77. The van der Waals surface area contributed by atoms with Crippen LogP contribution in [0.1, 0.15) is 16.8 Å². The first-order valence-electron chi connectivity index (χ1n) is 5.42. The third-order valence-corrected chi connectivity index (χ3v) is 3.17. The van der Waals surface area contributed by atoms with Gasteiger partial charge in [0.15, 0.2) is 0 Å². The van der Waals surface area contributed by atoms with Gasteiger partial charge >= 0.3 is 0 Å². The average molecular weight is 320 g/mol. The predicted octanol–water partition coefficient (Wildman–Crippen LogP) is 2.06. The number of carbonyl (C=O) groups excluding carboxylic acids is 1. The summed E-state index contributed by atoms with van der Waals surface area (Å²) in [6.45, 7) is 0.509. The van der Waals surface area contributed by atoms with Crippen molar-refractivity contribution in [2.24, 2.45) is 0 Å². The Hall–Kier alpha value is -1.14. The van der Waals surface area contributed by atoms with E-state index in [0.717, 1.165) is 6.07 Å². The Labute approximate surface area is 113 Å². The molecule has 0 spiro atoms. The van der Waals surface area contributed by atoms with Gasteiger partial charge in [-0.3, -0.25) is 4.79 Å². The summed E-state index contributed by atoms with van der Waals surface area (Å²) in [5.74, 6) is -1.46. The lowest BCUT2D eigenvalue weighted by atomic mass is 10.1. The second-order valence-corrected chi connectivity index (χ2v) is 4.42. The number of amides is 1. The van der Waals surface area contributed by atoms with Crippen molar-refractivity contribution in [2.75, 3.05) is 19.0 Å². The van der Waals surface area contributed by atoms with Gasteiger partial charge < -0.3 is 15.2 Å². The van der Waals surface area contributed by atoms with Gasteiger partial charge in [-0.25, -0.2) is 4.39 Å². The summed E-state index contributed by atoms with van der Waals surface area (Å²) in [6, 6.07) is 3.30. The van der Waals surface area contributed by atoms with Crippen molar-refractivity contribution in [1.82, 2.24) is 5.32 Å². The molecule has 0 aliphatic rings. The van der Waals surface area contributed by atoms with Crippen LogP contribution in [0.25, 0.3) is 0 Å². The Bertz CT molecular complexity index is 414. The quantitative estimate of drug-likeness (QED) is 0.789. The lowest BCUT2D eigenvalue weighted by Gasteiger charge is -2.16. The predicted molar refractivity (Wildman–Crippen MR) is 69.6 cm³/mol. The van der Waals surface area contributed by atoms with Gasteiger partial charge in [-0.15, -0.1) is 0 Å². The number of methoxy groups -OCH3 is 1. The van der Waals surface area contributed by atoms with Gasteiger partial charge in [0.2, 0.25) is 0 Å². The topological polar surface area (TPSA) is 58.6 Å². The number of alkyl halides is 1. The molecule has 0 fully saturated rings. The molecule has 6 heteroatoms. The van der Waals surface area contributed by atoms with Crippen molar-refractivity contribution in [2.45, 2.75) is 12.5 Å². The number of ether oxygens (including phenoxy) is 1. The lowest BCUT2D eigenvalue weighted by Crippen LogP contribution is -2.37. The molecule has 0 saturated carbocycles. The van der Waals surface area contributed by atoms with E-state index in [1.165, 1.54) is 12.1 Å². The average Bonchev–Trinajstić information content (AvgIpc) is 2.34. The van der Waals surface area contributed by atoms with E-state index in [4.69, 9.17) is 9.84 Å². The molecule has 1 aromatic rings. The Kier molecular flexibility index (Phi) is 6.07. The minimum Gasteiger partial charge on any atom is -0.508 e. The van der Waals surface area contributed by atoms with Crippen LogP contribution in [0, 0.1) is 5.82 Å². The van der Waals surface area contributed by atoms with Gasteiger partial charge in [0, 0.05) is 31.2 Å². The van der Waals surface area contributed by atoms with Crippen molar-refractivity contribution < 1.29 is 19.0 Å². The number of carbonyl (C=O) groups is 1. The molecule has 1 unspecified atom stereocenters. The molecule has 100 valence electrons. The number of benzene rings is 1. The summed E-state index contributed by atoms with van der Waals surface area (Å²) in [6.07, 6.45) is 0.632. The molecule has 1 rings (SSSR count). The fourth-order valence-electron chi connectivity index (χ4n) is 1.40. The third kappa shape index (κ3) is 4.27. The molecular formula is C12H15BrFNO3. The summed E-state index contributed by atoms with van der Waals surface area (Å²) >= 11 is 3.27. The molecule has 1 atom stereocenters. The first kappa shape index (κ1) is 14.9. The Morgan fingerprint density at radius 2 is 2.33 bits per heavy atom. The molecule has 1 aromatic carbocycles. The first-order valence-corrected chi connectivity index (χ1v) is 6.55. The number of rotatable bonds is 6. The highest BCUT2D eigenvalue weighted by atomic mass is 79.9. The highest BCUT2D eigenvalue weighted by molar-refractivity contribution is 9.09. The number of aromatic hydroxyl groups is 1. The first-order chi connectivity index (χ1) is 8.58. The minimum absolute atomic E-state index is 0.0869. The smallest absolute Gasteiger partial charge is 0.254 e. The summed E-state index contributed by atoms with van der Waals surface area (Å²) in [5, 5.41) is 12.3. The molecule has 4 nitrogen and oxygen atoms in total. The molecular weight excluding hydrogens is 305 g/mol. The Morgan fingerprint density at radius 1 is 1.61 bits per heavy atom. The zero-order valence-electron chi connectivity index (χ0n) is 9.95. The van der Waals surface area contributed by atoms with Crippen molar-refractivity contribution >= 4 is 21.8 Å². The van der Waals surface area contributed by atoms with Crippen LogP contribution in [-0.4, -0.2) is 36.1 Å². The van der Waals surface area contributed by atoms with Crippen LogP contribution in [0.3, 0.4) is 0 Å². The molecule has 0 bridgehead atoms. The van der Waals surface area contributed by atoms with E-state index in [9.17, 15) is 9.18 Å². The number of halogens is 2. The summed E-state index contributed by atoms with van der Waals surface area (Å²) in [5.41, 5.74) is -0.0869. The van der Waals surface area contributed by atoms with E-state index < -0.39 is 11.7 Å². The van der Waals surface area contributed by atoms with Gasteiger partial charge in [0.1, 0.15) is 11.6 Å². The number of hydrogen-bond acceptors (Lipinski definition) is 3. The maximum Gasteiger partial charge on any atom is 0.254 e. The lowest BCUT2D eigenvalue weighted by molar-refractivity contribution is 0.0927. The van der Waals surface area contributed by atoms with Crippen LogP contribution < -0.4 is 5.32 Å². The van der Waals surface area contributed by atoms with E-state index >= 15 is 0 Å². The van der Waals surface area contributed by atoms with E-state index in [2.05, 4.69) is 21.2 Å². The zero-order valence-corrected chi connectivity index (χ0v) is 11.5. The number of phenolic OH excluding ortho intramolecular Hbond substituents is 1.